The van der Waals surface area contributed by atoms with Crippen molar-refractivity contribution in [1.82, 2.24) is 4.90 Å². The van der Waals surface area contributed by atoms with E-state index < -0.39 is 12.1 Å². The van der Waals surface area contributed by atoms with Gasteiger partial charge < -0.3 is 10.5 Å². The fourth-order valence-corrected chi connectivity index (χ4v) is 3.06. The number of nitrogens with two attached hydrogens (primary N) is 1. The van der Waals surface area contributed by atoms with Crippen LogP contribution in [0.15, 0.2) is 0 Å². The second kappa shape index (κ2) is 6.90. The van der Waals surface area contributed by atoms with Crippen molar-refractivity contribution in [3.8, 4) is 0 Å². The molecule has 3 nitrogen and oxygen atoms in total. The van der Waals surface area contributed by atoms with E-state index in [1.165, 1.54) is 0 Å². The molecule has 6 heteroatoms. The zero-order valence-corrected chi connectivity index (χ0v) is 11.8. The van der Waals surface area contributed by atoms with Gasteiger partial charge >= 0.3 is 6.18 Å². The molecule has 0 atom stereocenters. The molecular formula is C13H25F3N2O. The predicted molar refractivity (Wildman–Crippen MR) is 68.9 cm³/mol. The number of alkyl halides is 3. The van der Waals surface area contributed by atoms with Crippen molar-refractivity contribution < 1.29 is 17.9 Å². The SMILES string of the molecule is CCN(CCOC)C1(CN)CCC(C(F)(F)F)CC1. The van der Waals surface area contributed by atoms with E-state index >= 15 is 0 Å². The van der Waals surface area contributed by atoms with Crippen LogP contribution in [0.2, 0.25) is 0 Å². The van der Waals surface area contributed by atoms with Crippen LogP contribution in [-0.2, 0) is 4.74 Å². The van der Waals surface area contributed by atoms with Gasteiger partial charge in [-0.3, -0.25) is 4.90 Å². The fourth-order valence-electron chi connectivity index (χ4n) is 3.06. The number of likely N-dealkylation sites (N-methyl/N-ethyl adjacent to an activating group) is 1. The molecule has 0 radical (unpaired) electrons. The molecule has 0 amide bonds. The Balaban J connectivity index is 2.67. The number of ether oxygens (including phenoxy) is 1. The summed E-state index contributed by atoms with van der Waals surface area (Å²) in [6.07, 6.45) is -2.66. The molecule has 1 saturated carbocycles. The Labute approximate surface area is 113 Å². The second-order valence-corrected chi connectivity index (χ2v) is 5.32. The monoisotopic (exact) mass is 282 g/mol. The van der Waals surface area contributed by atoms with Crippen LogP contribution in [-0.4, -0.2) is 50.0 Å². The van der Waals surface area contributed by atoms with Crippen LogP contribution in [0.1, 0.15) is 32.6 Å². The molecule has 0 saturated heterocycles. The first kappa shape index (κ1) is 16.7. The average molecular weight is 282 g/mol. The molecule has 1 aliphatic carbocycles. The fraction of sp³-hybridized carbons (Fsp3) is 1.00. The lowest BCUT2D eigenvalue weighted by atomic mass is 9.75. The highest BCUT2D eigenvalue weighted by Gasteiger charge is 2.46. The first-order chi connectivity index (χ1) is 8.89. The molecule has 0 aliphatic heterocycles. The minimum Gasteiger partial charge on any atom is -0.383 e. The van der Waals surface area contributed by atoms with E-state index in [2.05, 4.69) is 4.90 Å². The standard InChI is InChI=1S/C13H25F3N2O/c1-3-18(8-9-19-2)12(10-17)6-4-11(5-7-12)13(14,15)16/h11H,3-10,17H2,1-2H3. The van der Waals surface area contributed by atoms with E-state index in [0.717, 1.165) is 13.1 Å². The van der Waals surface area contributed by atoms with Crippen molar-refractivity contribution in [2.45, 2.75) is 44.3 Å². The molecule has 19 heavy (non-hydrogen) atoms. The van der Waals surface area contributed by atoms with Crippen LogP contribution in [0, 0.1) is 5.92 Å². The Morgan fingerprint density at radius 3 is 2.26 bits per heavy atom. The lowest BCUT2D eigenvalue weighted by molar-refractivity contribution is -0.188. The zero-order valence-electron chi connectivity index (χ0n) is 11.8. The van der Waals surface area contributed by atoms with Crippen LogP contribution < -0.4 is 5.73 Å². The number of rotatable bonds is 6. The maximum atomic E-state index is 12.7. The third kappa shape index (κ3) is 4.07. The molecule has 2 N–H and O–H groups in total. The Kier molecular flexibility index (Phi) is 6.08. The van der Waals surface area contributed by atoms with Crippen LogP contribution in [0.25, 0.3) is 0 Å². The van der Waals surface area contributed by atoms with Gasteiger partial charge in [-0.1, -0.05) is 6.92 Å². The summed E-state index contributed by atoms with van der Waals surface area (Å²) < 4.78 is 43.2. The molecule has 0 aromatic heterocycles. The summed E-state index contributed by atoms with van der Waals surface area (Å²) in [4.78, 5) is 2.18. The number of hydrogen-bond acceptors (Lipinski definition) is 3. The molecule has 0 unspecified atom stereocenters. The third-order valence-corrected chi connectivity index (χ3v) is 4.38. The van der Waals surface area contributed by atoms with E-state index in [-0.39, 0.29) is 18.4 Å². The van der Waals surface area contributed by atoms with Crippen molar-refractivity contribution in [1.29, 1.82) is 0 Å². The summed E-state index contributed by atoms with van der Waals surface area (Å²) in [6.45, 7) is 4.52. The Hall–Kier alpha value is -0.330. The van der Waals surface area contributed by atoms with Gasteiger partial charge in [0.15, 0.2) is 0 Å². The van der Waals surface area contributed by atoms with E-state index in [4.69, 9.17) is 10.5 Å². The number of methoxy groups -OCH3 is 1. The van der Waals surface area contributed by atoms with Gasteiger partial charge in [0.2, 0.25) is 0 Å². The minimum absolute atomic E-state index is 0.185. The molecule has 0 bridgehead atoms. The molecular weight excluding hydrogens is 257 g/mol. The zero-order chi connectivity index (χ0) is 14.5. The second-order valence-electron chi connectivity index (χ2n) is 5.32. The molecule has 114 valence electrons. The highest BCUT2D eigenvalue weighted by atomic mass is 19.4. The first-order valence-electron chi connectivity index (χ1n) is 6.90. The van der Waals surface area contributed by atoms with Crippen LogP contribution in [0.3, 0.4) is 0 Å². The quantitative estimate of drug-likeness (QED) is 0.813. The number of nitrogens with zero attached hydrogens (tertiary/aromatic N) is 1. The highest BCUT2D eigenvalue weighted by Crippen LogP contribution is 2.42. The molecule has 1 fully saturated rings. The number of hydrogen-bond donors (Lipinski definition) is 1. The van der Waals surface area contributed by atoms with Crippen LogP contribution in [0.4, 0.5) is 13.2 Å². The summed E-state index contributed by atoms with van der Waals surface area (Å²) in [6, 6.07) is 0. The Morgan fingerprint density at radius 2 is 1.89 bits per heavy atom. The van der Waals surface area contributed by atoms with Crippen molar-refractivity contribution in [2.75, 3.05) is 33.4 Å². The normalized spacial score (nSPS) is 28.9. The maximum absolute atomic E-state index is 12.7. The van der Waals surface area contributed by atoms with E-state index in [1.54, 1.807) is 7.11 Å². The van der Waals surface area contributed by atoms with Crippen LogP contribution >= 0.6 is 0 Å². The molecule has 0 heterocycles. The smallest absolute Gasteiger partial charge is 0.383 e. The molecule has 0 aromatic rings. The van der Waals surface area contributed by atoms with Gasteiger partial charge in [-0.25, -0.2) is 0 Å². The van der Waals surface area contributed by atoms with E-state index in [1.807, 2.05) is 6.92 Å². The summed E-state index contributed by atoms with van der Waals surface area (Å²) in [5, 5.41) is 0. The van der Waals surface area contributed by atoms with Crippen molar-refractivity contribution >= 4 is 0 Å². The van der Waals surface area contributed by atoms with E-state index in [0.29, 0.717) is 26.0 Å². The van der Waals surface area contributed by atoms with Gasteiger partial charge in [-0.15, -0.1) is 0 Å². The molecule has 1 rings (SSSR count). The third-order valence-electron chi connectivity index (χ3n) is 4.38. The van der Waals surface area contributed by atoms with Gasteiger partial charge in [0.25, 0.3) is 0 Å². The highest BCUT2D eigenvalue weighted by molar-refractivity contribution is 4.96. The van der Waals surface area contributed by atoms with Gasteiger partial charge in [0.05, 0.1) is 12.5 Å². The van der Waals surface area contributed by atoms with Crippen LogP contribution in [0.5, 0.6) is 0 Å². The Morgan fingerprint density at radius 1 is 1.32 bits per heavy atom. The topological polar surface area (TPSA) is 38.5 Å². The van der Waals surface area contributed by atoms with Crippen molar-refractivity contribution in [3.63, 3.8) is 0 Å². The molecule has 0 aromatic carbocycles. The first-order valence-corrected chi connectivity index (χ1v) is 6.90. The summed E-state index contributed by atoms with van der Waals surface area (Å²) >= 11 is 0. The average Bonchev–Trinajstić information content (AvgIpc) is 2.39. The van der Waals surface area contributed by atoms with Crippen molar-refractivity contribution in [3.05, 3.63) is 0 Å². The summed E-state index contributed by atoms with van der Waals surface area (Å²) in [7, 11) is 1.63. The summed E-state index contributed by atoms with van der Waals surface area (Å²) in [5.74, 6) is -1.16. The molecule has 0 spiro atoms. The number of halogens is 3. The minimum atomic E-state index is -4.07. The predicted octanol–water partition coefficient (Wildman–Crippen LogP) is 2.40. The van der Waals surface area contributed by atoms with E-state index in [9.17, 15) is 13.2 Å². The van der Waals surface area contributed by atoms with Gasteiger partial charge in [0.1, 0.15) is 0 Å². The molecule has 1 aliphatic rings. The van der Waals surface area contributed by atoms with Gasteiger partial charge in [-0.2, -0.15) is 13.2 Å². The lowest BCUT2D eigenvalue weighted by Gasteiger charge is -2.47. The van der Waals surface area contributed by atoms with Gasteiger partial charge in [0, 0.05) is 25.7 Å². The largest absolute Gasteiger partial charge is 0.391 e. The van der Waals surface area contributed by atoms with Crippen molar-refractivity contribution in [2.24, 2.45) is 11.7 Å². The Bertz CT molecular complexity index is 263. The lowest BCUT2D eigenvalue weighted by Crippen LogP contribution is -2.57. The van der Waals surface area contributed by atoms with Gasteiger partial charge in [-0.05, 0) is 32.2 Å². The summed E-state index contributed by atoms with van der Waals surface area (Å²) in [5.41, 5.74) is 5.59. The maximum Gasteiger partial charge on any atom is 0.391 e.